The van der Waals surface area contributed by atoms with Crippen molar-refractivity contribution in [3.05, 3.63) is 64.7 Å². The summed E-state index contributed by atoms with van der Waals surface area (Å²) in [5, 5.41) is 0.343. The van der Waals surface area contributed by atoms with Crippen LogP contribution in [0.3, 0.4) is 0 Å². The van der Waals surface area contributed by atoms with Gasteiger partial charge in [0.05, 0.1) is 6.61 Å². The quantitative estimate of drug-likeness (QED) is 0.569. The molecule has 0 aliphatic carbocycles. The van der Waals surface area contributed by atoms with E-state index >= 15 is 0 Å². The number of nitrogens with zero attached hydrogens (tertiary/aromatic N) is 1. The number of carbonyl (C=O) groups is 1. The van der Waals surface area contributed by atoms with E-state index in [-0.39, 0.29) is 29.9 Å². The number of carbonyl (C=O) groups excluding carboxylic acids is 1. The molecule has 11 heteroatoms. The molecular formula is C19H18BF4N3O2S. The number of halogens is 4. The smallest absolute Gasteiger partial charge is 0.235 e. The molecule has 1 fully saturated rings. The molecule has 2 heterocycles. The topological polar surface area (TPSA) is 67.6 Å². The summed E-state index contributed by atoms with van der Waals surface area (Å²) in [6, 6.07) is 4.82. The minimum atomic E-state index is -1.33. The third kappa shape index (κ3) is 3.25. The summed E-state index contributed by atoms with van der Waals surface area (Å²) < 4.78 is 62.6. The third-order valence-electron chi connectivity index (χ3n) is 5.32. The zero-order valence-corrected chi connectivity index (χ0v) is 16.7. The van der Waals surface area contributed by atoms with Crippen molar-refractivity contribution < 1.29 is 27.1 Å². The Morgan fingerprint density at radius 2 is 2.03 bits per heavy atom. The third-order valence-corrected chi connectivity index (χ3v) is 7.01. The second-order valence-electron chi connectivity index (χ2n) is 7.19. The summed E-state index contributed by atoms with van der Waals surface area (Å²) in [5.74, 6) is -4.15. The van der Waals surface area contributed by atoms with Crippen LogP contribution in [0.2, 0.25) is 5.82 Å². The molecule has 3 atom stereocenters. The Hall–Kier alpha value is -2.24. The number of rotatable bonds is 3. The van der Waals surface area contributed by atoms with Crippen LogP contribution in [-0.2, 0) is 9.67 Å². The van der Waals surface area contributed by atoms with E-state index in [0.717, 1.165) is 36.0 Å². The highest BCUT2D eigenvalue weighted by atomic mass is 32.2. The fourth-order valence-corrected chi connectivity index (χ4v) is 5.85. The molecule has 4 rings (SSSR count). The van der Waals surface area contributed by atoms with Gasteiger partial charge in [0.1, 0.15) is 35.0 Å². The molecule has 1 spiro atoms. The molecule has 2 aromatic rings. The number of nitrogens with one attached hydrogen (secondary N) is 1. The maximum atomic E-state index is 14.5. The van der Waals surface area contributed by atoms with Gasteiger partial charge < -0.3 is 10.5 Å². The number of benzene rings is 2. The molecule has 3 N–H and O–H groups in total. The first-order chi connectivity index (χ1) is 14.3. The molecule has 0 saturated carbocycles. The van der Waals surface area contributed by atoms with Crippen LogP contribution in [0, 0.1) is 23.3 Å². The lowest BCUT2D eigenvalue weighted by atomic mass is 9.59. The van der Waals surface area contributed by atoms with E-state index in [0.29, 0.717) is 13.3 Å². The lowest BCUT2D eigenvalue weighted by Crippen LogP contribution is -2.54. The minimum absolute atomic E-state index is 0.0143. The van der Waals surface area contributed by atoms with Crippen LogP contribution in [-0.4, -0.2) is 31.2 Å². The Morgan fingerprint density at radius 1 is 1.27 bits per heavy atom. The average Bonchev–Trinajstić information content (AvgIpc) is 3.08. The van der Waals surface area contributed by atoms with E-state index in [1.807, 2.05) is 0 Å². The number of fused-ring (bicyclic) bond motifs is 2. The summed E-state index contributed by atoms with van der Waals surface area (Å²) in [6.07, 6.45) is 0.230. The zero-order chi connectivity index (χ0) is 21.6. The van der Waals surface area contributed by atoms with Gasteiger partial charge >= 0.3 is 0 Å². The second-order valence-corrected chi connectivity index (χ2v) is 8.52. The highest BCUT2D eigenvalue weighted by molar-refractivity contribution is 8.00. The van der Waals surface area contributed by atoms with Gasteiger partial charge in [0.15, 0.2) is 11.6 Å². The zero-order valence-electron chi connectivity index (χ0n) is 15.9. The van der Waals surface area contributed by atoms with E-state index in [4.69, 9.17) is 10.5 Å². The largest absolute Gasteiger partial charge is 0.490 e. The van der Waals surface area contributed by atoms with Crippen LogP contribution in [0.15, 0.2) is 30.3 Å². The van der Waals surface area contributed by atoms with E-state index in [1.165, 1.54) is 11.9 Å². The number of thioether (sulfide) groups is 1. The molecule has 2 aromatic carbocycles. The van der Waals surface area contributed by atoms with Crippen molar-refractivity contribution in [3.8, 4) is 5.75 Å². The van der Waals surface area contributed by atoms with Gasteiger partial charge in [-0.3, -0.25) is 9.80 Å². The summed E-state index contributed by atoms with van der Waals surface area (Å²) in [6.45, 7) is 1.30. The number of nitrogens with two attached hydrogens (primary N) is 1. The summed E-state index contributed by atoms with van der Waals surface area (Å²) in [7, 11) is 0.369. The Bertz CT molecular complexity index is 1010. The molecule has 1 amide bonds. The van der Waals surface area contributed by atoms with Gasteiger partial charge in [-0.1, -0.05) is 0 Å². The Morgan fingerprint density at radius 3 is 2.73 bits per heavy atom. The number of ether oxygens (including phenoxy) is 1. The van der Waals surface area contributed by atoms with Crippen LogP contribution in [0.4, 0.5) is 17.6 Å². The Balaban J connectivity index is 1.92. The van der Waals surface area contributed by atoms with Crippen molar-refractivity contribution in [2.75, 3.05) is 13.1 Å². The average molecular weight is 439 g/mol. The molecule has 5 nitrogen and oxygen atoms in total. The highest BCUT2D eigenvalue weighted by Crippen LogP contribution is 2.61. The Kier molecular flexibility index (Phi) is 5.46. The number of amides is 1. The van der Waals surface area contributed by atoms with Crippen molar-refractivity contribution in [1.82, 2.24) is 10.4 Å². The maximum absolute atomic E-state index is 14.5. The first-order valence-corrected chi connectivity index (χ1v) is 10.2. The van der Waals surface area contributed by atoms with Crippen LogP contribution in [0.5, 0.6) is 5.75 Å². The lowest BCUT2D eigenvalue weighted by molar-refractivity contribution is -0.136. The molecule has 2 aliphatic heterocycles. The lowest BCUT2D eigenvalue weighted by Gasteiger charge is -2.45. The molecule has 158 valence electrons. The minimum Gasteiger partial charge on any atom is -0.490 e. The van der Waals surface area contributed by atoms with Crippen molar-refractivity contribution in [1.29, 1.82) is 0 Å². The van der Waals surface area contributed by atoms with E-state index in [2.05, 4.69) is 5.43 Å². The molecule has 2 aliphatic rings. The maximum Gasteiger partial charge on any atom is 0.235 e. The van der Waals surface area contributed by atoms with Crippen LogP contribution >= 0.6 is 11.8 Å². The molecule has 0 bridgehead atoms. The van der Waals surface area contributed by atoms with Gasteiger partial charge in [0.25, 0.3) is 0 Å². The van der Waals surface area contributed by atoms with E-state index in [9.17, 15) is 22.4 Å². The first kappa shape index (κ1) is 21.0. The monoisotopic (exact) mass is 439 g/mol. The van der Waals surface area contributed by atoms with Crippen molar-refractivity contribution in [2.45, 2.75) is 23.0 Å². The van der Waals surface area contributed by atoms with Crippen LogP contribution in [0.1, 0.15) is 23.4 Å². The molecule has 1 unspecified atom stereocenters. The summed E-state index contributed by atoms with van der Waals surface area (Å²) in [4.78, 5) is 11.3. The van der Waals surface area contributed by atoms with E-state index in [1.54, 1.807) is 0 Å². The van der Waals surface area contributed by atoms with Gasteiger partial charge in [-0.05, 0) is 30.7 Å². The molecule has 0 radical (unpaired) electrons. The number of hydrogen-bond acceptors (Lipinski definition) is 5. The van der Waals surface area contributed by atoms with Crippen LogP contribution < -0.4 is 15.9 Å². The normalized spacial score (nSPS) is 25.2. The first-order valence-electron chi connectivity index (χ1n) is 9.30. The molecule has 0 aromatic heterocycles. The van der Waals surface area contributed by atoms with Crippen molar-refractivity contribution in [2.24, 2.45) is 5.73 Å². The SMILES string of the molecule is CC(=O)N1NC(c2cc(F)ccc2F)S[C@@]12c1cc(F)cc(F)c1OC[C@@H]2BCN. The molecule has 30 heavy (non-hydrogen) atoms. The summed E-state index contributed by atoms with van der Waals surface area (Å²) in [5.41, 5.74) is 8.75. The van der Waals surface area contributed by atoms with Gasteiger partial charge in [-0.15, -0.1) is 11.8 Å². The predicted octanol–water partition coefficient (Wildman–Crippen LogP) is 2.73. The highest BCUT2D eigenvalue weighted by Gasteiger charge is 2.58. The number of hydrogen-bond donors (Lipinski definition) is 2. The number of hydrazine groups is 1. The van der Waals surface area contributed by atoms with E-state index < -0.39 is 45.2 Å². The van der Waals surface area contributed by atoms with Crippen LogP contribution in [0.25, 0.3) is 0 Å². The predicted molar refractivity (Wildman–Crippen MR) is 106 cm³/mol. The van der Waals surface area contributed by atoms with Gasteiger partial charge in [-0.25, -0.2) is 23.0 Å². The Labute approximate surface area is 175 Å². The summed E-state index contributed by atoms with van der Waals surface area (Å²) >= 11 is 1.07. The second kappa shape index (κ2) is 7.79. The van der Waals surface area contributed by atoms with Crippen molar-refractivity contribution in [3.63, 3.8) is 0 Å². The molecule has 1 saturated heterocycles. The fraction of sp³-hybridized carbons (Fsp3) is 0.316. The van der Waals surface area contributed by atoms with Crippen molar-refractivity contribution >= 4 is 24.9 Å². The molecular weight excluding hydrogens is 421 g/mol. The van der Waals surface area contributed by atoms with Gasteiger partial charge in [0, 0.05) is 29.9 Å². The fourth-order valence-electron chi connectivity index (χ4n) is 4.08. The van der Waals surface area contributed by atoms with Gasteiger partial charge in [-0.2, -0.15) is 0 Å². The standard InChI is InChI=1S/C19H18BF4N3O2S/c1-9(28)27-19(30-18(26-27)12-4-10(21)2-3-14(12)23)13-5-11(22)6-15(24)17(13)29-7-16(19)20-8-25/h2-6,16,18,20,26H,7-8,25H2,1H3/t16-,18?,19+/m0/s1. The van der Waals surface area contributed by atoms with Gasteiger partial charge in [0.2, 0.25) is 5.91 Å².